The number of nitrogens with zero attached hydrogens (tertiary/aromatic N) is 4. The standard InChI is InChI=1S/C21H25N5O3S/c1-15-12-16(2)26-20(23-15)19(14-22-26)21(27)24-17-8-7-9-18(13-17)30(28,29)25-10-5-3-4-6-11-25/h7-9,12-14H,3-6,10-11H2,1-2H3,(H,24,27). The molecule has 0 unspecified atom stereocenters. The third-order valence-electron chi connectivity index (χ3n) is 5.32. The summed E-state index contributed by atoms with van der Waals surface area (Å²) in [4.78, 5) is 17.5. The molecule has 0 atom stereocenters. The number of rotatable bonds is 4. The van der Waals surface area contributed by atoms with E-state index in [-0.39, 0.29) is 10.8 Å². The van der Waals surface area contributed by atoms with Crippen LogP contribution in [0.1, 0.15) is 47.4 Å². The van der Waals surface area contributed by atoms with Gasteiger partial charge in [0, 0.05) is 30.2 Å². The first-order valence-electron chi connectivity index (χ1n) is 10.1. The molecule has 2 aromatic heterocycles. The number of carbonyl (C=O) groups excluding carboxylic acids is 1. The summed E-state index contributed by atoms with van der Waals surface area (Å²) in [6, 6.07) is 8.28. The van der Waals surface area contributed by atoms with Crippen LogP contribution in [0.25, 0.3) is 5.65 Å². The average molecular weight is 428 g/mol. The SMILES string of the molecule is Cc1cc(C)n2ncc(C(=O)Nc3cccc(S(=O)(=O)N4CCCCCC4)c3)c2n1. The lowest BCUT2D eigenvalue weighted by Gasteiger charge is -2.20. The highest BCUT2D eigenvalue weighted by Crippen LogP contribution is 2.23. The second-order valence-electron chi connectivity index (χ2n) is 7.63. The van der Waals surface area contributed by atoms with Crippen LogP contribution in [-0.2, 0) is 10.0 Å². The molecule has 30 heavy (non-hydrogen) atoms. The van der Waals surface area contributed by atoms with Gasteiger partial charge in [-0.3, -0.25) is 4.79 Å². The summed E-state index contributed by atoms with van der Waals surface area (Å²) in [7, 11) is -3.59. The summed E-state index contributed by atoms with van der Waals surface area (Å²) in [5.41, 5.74) is 2.89. The Morgan fingerprint density at radius 2 is 1.80 bits per heavy atom. The van der Waals surface area contributed by atoms with Gasteiger partial charge in [0.25, 0.3) is 5.91 Å². The van der Waals surface area contributed by atoms with Gasteiger partial charge < -0.3 is 5.32 Å². The topological polar surface area (TPSA) is 96.7 Å². The number of anilines is 1. The number of amides is 1. The highest BCUT2D eigenvalue weighted by Gasteiger charge is 2.25. The number of fused-ring (bicyclic) bond motifs is 1. The Hall–Kier alpha value is -2.78. The highest BCUT2D eigenvalue weighted by molar-refractivity contribution is 7.89. The van der Waals surface area contributed by atoms with Crippen molar-refractivity contribution < 1.29 is 13.2 Å². The first-order valence-corrected chi connectivity index (χ1v) is 11.5. The van der Waals surface area contributed by atoms with Gasteiger partial charge in [0.15, 0.2) is 5.65 Å². The summed E-state index contributed by atoms with van der Waals surface area (Å²) >= 11 is 0. The Kier molecular flexibility index (Phi) is 5.57. The van der Waals surface area contributed by atoms with Gasteiger partial charge in [-0.05, 0) is 51.0 Å². The number of benzene rings is 1. The molecular formula is C21H25N5O3S. The smallest absolute Gasteiger partial charge is 0.261 e. The maximum Gasteiger partial charge on any atom is 0.261 e. The zero-order chi connectivity index (χ0) is 21.3. The molecule has 9 heteroatoms. The van der Waals surface area contributed by atoms with Gasteiger partial charge in [0.1, 0.15) is 5.56 Å². The molecule has 1 aliphatic rings. The second kappa shape index (κ2) is 8.16. The summed E-state index contributed by atoms with van der Waals surface area (Å²) in [5, 5.41) is 7.03. The van der Waals surface area contributed by atoms with Crippen molar-refractivity contribution in [2.24, 2.45) is 0 Å². The summed E-state index contributed by atoms with van der Waals surface area (Å²) in [5.74, 6) is -0.383. The third kappa shape index (κ3) is 3.95. The molecule has 4 rings (SSSR count). The van der Waals surface area contributed by atoms with Crippen molar-refractivity contribution in [2.75, 3.05) is 18.4 Å². The lowest BCUT2D eigenvalue weighted by Crippen LogP contribution is -2.32. The van der Waals surface area contributed by atoms with Crippen molar-refractivity contribution >= 4 is 27.3 Å². The maximum atomic E-state index is 13.0. The minimum atomic E-state index is -3.59. The first-order chi connectivity index (χ1) is 14.4. The van der Waals surface area contributed by atoms with E-state index in [0.29, 0.717) is 30.0 Å². The number of aryl methyl sites for hydroxylation is 2. The molecule has 0 radical (unpaired) electrons. The van der Waals surface area contributed by atoms with E-state index in [1.807, 2.05) is 19.9 Å². The number of aromatic nitrogens is 3. The molecule has 1 aliphatic heterocycles. The number of hydrogen-bond acceptors (Lipinski definition) is 5. The first kappa shape index (κ1) is 20.5. The Morgan fingerprint density at radius 3 is 2.53 bits per heavy atom. The van der Waals surface area contributed by atoms with Crippen molar-refractivity contribution in [1.82, 2.24) is 18.9 Å². The molecule has 0 spiro atoms. The molecule has 0 saturated carbocycles. The third-order valence-corrected chi connectivity index (χ3v) is 7.21. The maximum absolute atomic E-state index is 13.0. The molecular weight excluding hydrogens is 402 g/mol. The number of carbonyl (C=O) groups is 1. The number of nitrogens with one attached hydrogen (secondary N) is 1. The van der Waals surface area contributed by atoms with Crippen molar-refractivity contribution in [3.05, 3.63) is 53.5 Å². The molecule has 1 amide bonds. The second-order valence-corrected chi connectivity index (χ2v) is 9.57. The van der Waals surface area contributed by atoms with Gasteiger partial charge in [-0.15, -0.1) is 0 Å². The number of sulfonamides is 1. The van der Waals surface area contributed by atoms with Crippen molar-refractivity contribution in [2.45, 2.75) is 44.4 Å². The van der Waals surface area contributed by atoms with E-state index in [2.05, 4.69) is 15.4 Å². The van der Waals surface area contributed by atoms with E-state index < -0.39 is 10.0 Å². The summed E-state index contributed by atoms with van der Waals surface area (Å²) < 4.78 is 29.2. The van der Waals surface area contributed by atoms with Crippen LogP contribution in [0.3, 0.4) is 0 Å². The zero-order valence-corrected chi connectivity index (χ0v) is 17.9. The van der Waals surface area contributed by atoms with Crippen LogP contribution in [-0.4, -0.2) is 46.3 Å². The van der Waals surface area contributed by atoms with E-state index in [1.54, 1.807) is 27.0 Å². The van der Waals surface area contributed by atoms with E-state index in [0.717, 1.165) is 37.1 Å². The van der Waals surface area contributed by atoms with E-state index >= 15 is 0 Å². The predicted molar refractivity (Wildman–Crippen MR) is 114 cm³/mol. The average Bonchev–Trinajstić information content (AvgIpc) is 2.94. The van der Waals surface area contributed by atoms with Gasteiger partial charge in [-0.25, -0.2) is 17.9 Å². The van der Waals surface area contributed by atoms with Gasteiger partial charge in [0.2, 0.25) is 10.0 Å². The molecule has 1 aromatic carbocycles. The quantitative estimate of drug-likeness (QED) is 0.690. The van der Waals surface area contributed by atoms with Crippen molar-refractivity contribution in [1.29, 1.82) is 0 Å². The Balaban J connectivity index is 1.60. The zero-order valence-electron chi connectivity index (χ0n) is 17.1. The molecule has 3 heterocycles. The Labute approximate surface area is 176 Å². The fraction of sp³-hybridized carbons (Fsp3) is 0.381. The monoisotopic (exact) mass is 427 g/mol. The van der Waals surface area contributed by atoms with Crippen LogP contribution in [0, 0.1) is 13.8 Å². The molecule has 1 saturated heterocycles. The Morgan fingerprint density at radius 1 is 1.07 bits per heavy atom. The highest BCUT2D eigenvalue weighted by atomic mass is 32.2. The lowest BCUT2D eigenvalue weighted by atomic mass is 10.2. The van der Waals surface area contributed by atoms with E-state index in [1.165, 1.54) is 12.3 Å². The summed E-state index contributed by atoms with van der Waals surface area (Å²) in [6.07, 6.45) is 5.32. The van der Waals surface area contributed by atoms with Crippen LogP contribution in [0.2, 0.25) is 0 Å². The molecule has 0 aliphatic carbocycles. The molecule has 8 nitrogen and oxygen atoms in total. The van der Waals surface area contributed by atoms with Crippen molar-refractivity contribution in [3.8, 4) is 0 Å². The van der Waals surface area contributed by atoms with Gasteiger partial charge in [-0.1, -0.05) is 18.9 Å². The fourth-order valence-electron chi connectivity index (χ4n) is 3.79. The van der Waals surface area contributed by atoms with Crippen LogP contribution >= 0.6 is 0 Å². The molecule has 158 valence electrons. The summed E-state index contributed by atoms with van der Waals surface area (Å²) in [6.45, 7) is 4.82. The van der Waals surface area contributed by atoms with Crippen LogP contribution in [0.4, 0.5) is 5.69 Å². The van der Waals surface area contributed by atoms with Crippen molar-refractivity contribution in [3.63, 3.8) is 0 Å². The minimum absolute atomic E-state index is 0.187. The normalized spacial score (nSPS) is 15.8. The molecule has 3 aromatic rings. The molecule has 1 N–H and O–H groups in total. The molecule has 1 fully saturated rings. The van der Waals surface area contributed by atoms with Crippen LogP contribution in [0.5, 0.6) is 0 Å². The van der Waals surface area contributed by atoms with Gasteiger partial charge >= 0.3 is 0 Å². The van der Waals surface area contributed by atoms with Gasteiger partial charge in [0.05, 0.1) is 11.1 Å². The van der Waals surface area contributed by atoms with E-state index in [4.69, 9.17) is 0 Å². The van der Waals surface area contributed by atoms with E-state index in [9.17, 15) is 13.2 Å². The number of hydrogen-bond donors (Lipinski definition) is 1. The largest absolute Gasteiger partial charge is 0.322 e. The Bertz CT molecular complexity index is 1190. The molecule has 0 bridgehead atoms. The van der Waals surface area contributed by atoms with Crippen LogP contribution < -0.4 is 5.32 Å². The lowest BCUT2D eigenvalue weighted by molar-refractivity contribution is 0.102. The fourth-order valence-corrected chi connectivity index (χ4v) is 5.36. The predicted octanol–water partition coefficient (Wildman–Crippen LogP) is 3.16. The van der Waals surface area contributed by atoms with Crippen LogP contribution in [0.15, 0.2) is 41.4 Å². The minimum Gasteiger partial charge on any atom is -0.322 e. The van der Waals surface area contributed by atoms with Gasteiger partial charge in [-0.2, -0.15) is 9.40 Å².